The van der Waals surface area contributed by atoms with Gasteiger partial charge in [0.15, 0.2) is 0 Å². The van der Waals surface area contributed by atoms with Gasteiger partial charge in [0, 0.05) is 0 Å². The zero-order valence-corrected chi connectivity index (χ0v) is 20.5. The highest BCUT2D eigenvalue weighted by Crippen LogP contribution is 2.38. The molecule has 0 heterocycles. The molecule has 5 nitrogen and oxygen atoms in total. The van der Waals surface area contributed by atoms with Gasteiger partial charge in [-0.05, 0) is 31.6 Å². The number of unbranched alkanes of at least 4 members (excludes halogenated alkanes) is 11. The molecule has 0 aromatic rings. The Morgan fingerprint density at radius 3 is 2.16 bits per heavy atom. The van der Waals surface area contributed by atoms with E-state index in [0.29, 0.717) is 6.42 Å². The molecule has 1 aliphatic rings. The Labute approximate surface area is 193 Å². The van der Waals surface area contributed by atoms with Crippen molar-refractivity contribution in [2.24, 2.45) is 5.92 Å². The Balaban J connectivity index is 2.34. The first-order chi connectivity index (χ1) is 15.0. The molecule has 0 aliphatic heterocycles. The first kappa shape index (κ1) is 28.0. The maximum absolute atomic E-state index is 11.6. The van der Waals surface area contributed by atoms with Crippen LogP contribution in [0.1, 0.15) is 103 Å². The van der Waals surface area contributed by atoms with Crippen LogP contribution in [-0.2, 0) is 14.3 Å². The highest BCUT2D eigenvalue weighted by atomic mass is 32.2. The average molecular weight is 457 g/mol. The monoisotopic (exact) mass is 456 g/mol. The van der Waals surface area contributed by atoms with E-state index in [1.54, 1.807) is 0 Å². The molecule has 1 fully saturated rings. The van der Waals surface area contributed by atoms with E-state index in [2.05, 4.69) is 13.0 Å². The molecule has 180 valence electrons. The lowest BCUT2D eigenvalue weighted by molar-refractivity contribution is -0.139. The Morgan fingerprint density at radius 2 is 1.61 bits per heavy atom. The van der Waals surface area contributed by atoms with E-state index in [9.17, 15) is 14.7 Å². The number of carbonyl (C=O) groups excluding carboxylic acids is 1. The summed E-state index contributed by atoms with van der Waals surface area (Å²) < 4.78 is 4.73. The molecule has 0 bridgehead atoms. The summed E-state index contributed by atoms with van der Waals surface area (Å²) in [6.45, 7) is 2.25. The van der Waals surface area contributed by atoms with Crippen LogP contribution in [0.5, 0.6) is 0 Å². The molecule has 0 aromatic heterocycles. The van der Waals surface area contributed by atoms with Crippen LogP contribution in [0.4, 0.5) is 0 Å². The molecular weight excluding hydrogens is 412 g/mol. The lowest BCUT2D eigenvalue weighted by Gasteiger charge is -2.36. The van der Waals surface area contributed by atoms with Crippen molar-refractivity contribution in [2.45, 2.75) is 115 Å². The smallest absolute Gasteiger partial charge is 0.315 e. The SMILES string of the molecule is CCCCCCCCCCCCC/C=C1\CC[C@@H](CC(=O)O)[C@@H](O)[C@H]1SCC(=O)OC. The average Bonchev–Trinajstić information content (AvgIpc) is 2.75. The van der Waals surface area contributed by atoms with Crippen molar-refractivity contribution in [2.75, 3.05) is 12.9 Å². The number of aliphatic carboxylic acids is 1. The fourth-order valence-electron chi connectivity index (χ4n) is 4.32. The molecule has 0 saturated heterocycles. The number of hydrogen-bond donors (Lipinski definition) is 2. The molecule has 6 heteroatoms. The molecule has 3 atom stereocenters. The van der Waals surface area contributed by atoms with Crippen molar-refractivity contribution in [3.05, 3.63) is 11.6 Å². The number of thioether (sulfide) groups is 1. The van der Waals surface area contributed by atoms with Gasteiger partial charge in [-0.2, -0.15) is 0 Å². The first-order valence-corrected chi connectivity index (χ1v) is 13.3. The zero-order valence-electron chi connectivity index (χ0n) is 19.7. The molecule has 1 aliphatic carbocycles. The summed E-state index contributed by atoms with van der Waals surface area (Å²) in [5.74, 6) is -1.28. The molecule has 1 saturated carbocycles. The lowest BCUT2D eigenvalue weighted by Crippen LogP contribution is -2.38. The van der Waals surface area contributed by atoms with Gasteiger partial charge >= 0.3 is 11.9 Å². The summed E-state index contributed by atoms with van der Waals surface area (Å²) in [7, 11) is 1.36. The van der Waals surface area contributed by atoms with Crippen molar-refractivity contribution >= 4 is 23.7 Å². The molecule has 0 amide bonds. The van der Waals surface area contributed by atoms with Crippen molar-refractivity contribution < 1.29 is 24.5 Å². The normalized spacial score (nSPS) is 22.5. The summed E-state index contributed by atoms with van der Waals surface area (Å²) in [5.41, 5.74) is 1.16. The minimum atomic E-state index is -0.880. The Bertz CT molecular complexity index is 534. The number of carboxylic acid groups (broad SMARTS) is 1. The van der Waals surface area contributed by atoms with Crippen LogP contribution >= 0.6 is 11.8 Å². The molecular formula is C25H44O5S. The molecule has 0 unspecified atom stereocenters. The standard InChI is InChI=1S/C25H44O5S/c1-3-4-5-6-7-8-9-10-11-12-13-14-15-20-16-17-21(18-22(26)27)24(29)25(20)31-19-23(28)30-2/h15,21,24-25,29H,3-14,16-19H2,1-2H3,(H,26,27)/b20-15+/t21-,24+,25-/m0/s1. The van der Waals surface area contributed by atoms with Gasteiger partial charge in [0.1, 0.15) is 0 Å². The van der Waals surface area contributed by atoms with Crippen LogP contribution in [0, 0.1) is 5.92 Å². The van der Waals surface area contributed by atoms with Crippen molar-refractivity contribution in [3.63, 3.8) is 0 Å². The molecule has 31 heavy (non-hydrogen) atoms. The first-order valence-electron chi connectivity index (χ1n) is 12.3. The Hall–Kier alpha value is -1.01. The van der Waals surface area contributed by atoms with Gasteiger partial charge in [-0.3, -0.25) is 9.59 Å². The second kappa shape index (κ2) is 17.5. The van der Waals surface area contributed by atoms with Gasteiger partial charge < -0.3 is 14.9 Å². The summed E-state index contributed by atoms with van der Waals surface area (Å²) in [6, 6.07) is 0. The third-order valence-electron chi connectivity index (χ3n) is 6.22. The second-order valence-corrected chi connectivity index (χ2v) is 9.93. The topological polar surface area (TPSA) is 83.8 Å². The second-order valence-electron chi connectivity index (χ2n) is 8.80. The van der Waals surface area contributed by atoms with Crippen LogP contribution in [0.25, 0.3) is 0 Å². The number of allylic oxidation sites excluding steroid dienone is 1. The van der Waals surface area contributed by atoms with Gasteiger partial charge in [-0.1, -0.05) is 82.8 Å². The van der Waals surface area contributed by atoms with Gasteiger partial charge in [-0.25, -0.2) is 0 Å². The van der Waals surface area contributed by atoms with Gasteiger partial charge in [0.25, 0.3) is 0 Å². The van der Waals surface area contributed by atoms with Crippen LogP contribution in [-0.4, -0.2) is 46.4 Å². The number of methoxy groups -OCH3 is 1. The number of rotatable bonds is 17. The summed E-state index contributed by atoms with van der Waals surface area (Å²) in [6.07, 6.45) is 18.4. The van der Waals surface area contributed by atoms with E-state index in [-0.39, 0.29) is 29.3 Å². The van der Waals surface area contributed by atoms with Gasteiger partial charge in [-0.15, -0.1) is 11.8 Å². The van der Waals surface area contributed by atoms with E-state index in [4.69, 9.17) is 9.84 Å². The van der Waals surface area contributed by atoms with Crippen LogP contribution in [0.2, 0.25) is 0 Å². The predicted octanol–water partition coefficient (Wildman–Crippen LogP) is 6.13. The third kappa shape index (κ3) is 12.6. The van der Waals surface area contributed by atoms with E-state index in [1.807, 2.05) is 0 Å². The molecule has 0 radical (unpaired) electrons. The van der Waals surface area contributed by atoms with Crippen LogP contribution in [0.15, 0.2) is 11.6 Å². The molecule has 0 spiro atoms. The maximum atomic E-state index is 11.6. The predicted molar refractivity (Wildman–Crippen MR) is 128 cm³/mol. The Morgan fingerprint density at radius 1 is 1.03 bits per heavy atom. The highest BCUT2D eigenvalue weighted by molar-refractivity contribution is 8.00. The highest BCUT2D eigenvalue weighted by Gasteiger charge is 2.36. The van der Waals surface area contributed by atoms with E-state index >= 15 is 0 Å². The molecule has 1 rings (SSSR count). The fraction of sp³-hybridized carbons (Fsp3) is 0.840. The molecule has 0 aromatic carbocycles. The molecule has 2 N–H and O–H groups in total. The number of esters is 1. The Kier molecular flexibility index (Phi) is 15.9. The van der Waals surface area contributed by atoms with Crippen LogP contribution < -0.4 is 0 Å². The summed E-state index contributed by atoms with van der Waals surface area (Å²) in [4.78, 5) is 22.7. The summed E-state index contributed by atoms with van der Waals surface area (Å²) >= 11 is 1.38. The van der Waals surface area contributed by atoms with Gasteiger partial charge in [0.2, 0.25) is 0 Å². The lowest BCUT2D eigenvalue weighted by atomic mass is 9.80. The van der Waals surface area contributed by atoms with Crippen molar-refractivity contribution in [1.29, 1.82) is 0 Å². The maximum Gasteiger partial charge on any atom is 0.315 e. The fourth-order valence-corrected chi connectivity index (χ4v) is 5.60. The largest absolute Gasteiger partial charge is 0.481 e. The summed E-state index contributed by atoms with van der Waals surface area (Å²) in [5, 5.41) is 19.6. The minimum absolute atomic E-state index is 0.0255. The third-order valence-corrected chi connectivity index (χ3v) is 7.56. The quantitative estimate of drug-likeness (QED) is 0.155. The van der Waals surface area contributed by atoms with Crippen LogP contribution in [0.3, 0.4) is 0 Å². The number of ether oxygens (including phenoxy) is 1. The van der Waals surface area contributed by atoms with E-state index in [0.717, 1.165) is 24.8 Å². The van der Waals surface area contributed by atoms with E-state index < -0.39 is 12.1 Å². The number of aliphatic hydroxyl groups excluding tert-OH is 1. The van der Waals surface area contributed by atoms with Crippen molar-refractivity contribution in [1.82, 2.24) is 0 Å². The van der Waals surface area contributed by atoms with E-state index in [1.165, 1.54) is 83.1 Å². The van der Waals surface area contributed by atoms with Gasteiger partial charge in [0.05, 0.1) is 30.6 Å². The minimum Gasteiger partial charge on any atom is -0.481 e. The number of aliphatic hydroxyl groups is 1. The number of carbonyl (C=O) groups is 2. The zero-order chi connectivity index (χ0) is 22.9. The number of carboxylic acids is 1. The van der Waals surface area contributed by atoms with Crippen molar-refractivity contribution in [3.8, 4) is 0 Å². The number of hydrogen-bond acceptors (Lipinski definition) is 5.